The highest BCUT2D eigenvalue weighted by Crippen LogP contribution is 2.20. The number of nitrogens with one attached hydrogen (secondary N) is 1. The molecule has 94 valence electrons. The topological polar surface area (TPSA) is 147 Å². The van der Waals surface area contributed by atoms with E-state index >= 15 is 0 Å². The number of carbonyl (C=O) groups is 2. The van der Waals surface area contributed by atoms with Crippen molar-refractivity contribution < 1.29 is 19.8 Å². The Morgan fingerprint density at radius 1 is 1.16 bits per heavy atom. The molecule has 8 nitrogen and oxygen atoms in total. The minimum Gasteiger partial charge on any atom is -0.478 e. The number of hydrogen-bond donors (Lipinski definition) is 3. The second-order valence-corrected chi connectivity index (χ2v) is 3.13. The van der Waals surface area contributed by atoms with Gasteiger partial charge in [0.2, 0.25) is 5.71 Å². The van der Waals surface area contributed by atoms with Gasteiger partial charge in [-0.25, -0.2) is 9.59 Å². The molecule has 1 aromatic rings. The number of aromatic carboxylic acids is 2. The van der Waals surface area contributed by atoms with Crippen LogP contribution < -0.4 is 5.43 Å². The lowest BCUT2D eigenvalue weighted by molar-refractivity contribution is 0.0652. The minimum absolute atomic E-state index is 0.129. The highest BCUT2D eigenvalue weighted by Gasteiger charge is 2.19. The van der Waals surface area contributed by atoms with E-state index in [9.17, 15) is 9.59 Å². The van der Waals surface area contributed by atoms with Crippen LogP contribution >= 0.6 is 0 Å². The molecule has 19 heavy (non-hydrogen) atoms. The highest BCUT2D eigenvalue weighted by atomic mass is 16.4. The van der Waals surface area contributed by atoms with Gasteiger partial charge in [0, 0.05) is 0 Å². The van der Waals surface area contributed by atoms with Gasteiger partial charge in [-0.3, -0.25) is 5.43 Å². The Kier molecular flexibility index (Phi) is 4.17. The quantitative estimate of drug-likeness (QED) is 0.536. The Bertz CT molecular complexity index is 636. The zero-order valence-corrected chi connectivity index (χ0v) is 9.28. The standard InChI is InChI=1S/C11H6N4O4/c12-4-6(5-13)14-15-8-3-1-2-7(10(16)17)9(8)11(18)19/h1-3,15H,(H,16,17)(H,18,19). The number of nitrogens with zero attached hydrogens (tertiary/aromatic N) is 3. The lowest BCUT2D eigenvalue weighted by Gasteiger charge is -2.07. The smallest absolute Gasteiger partial charge is 0.338 e. The fraction of sp³-hybridized carbons (Fsp3) is 0. The van der Waals surface area contributed by atoms with Crippen molar-refractivity contribution in [1.29, 1.82) is 10.5 Å². The van der Waals surface area contributed by atoms with Crippen molar-refractivity contribution in [2.45, 2.75) is 0 Å². The number of hydrogen-bond acceptors (Lipinski definition) is 6. The highest BCUT2D eigenvalue weighted by molar-refractivity contribution is 6.11. The van der Waals surface area contributed by atoms with Gasteiger partial charge in [0.05, 0.1) is 16.8 Å². The molecule has 0 aliphatic heterocycles. The number of rotatable bonds is 4. The molecule has 0 unspecified atom stereocenters. The summed E-state index contributed by atoms with van der Waals surface area (Å²) in [5, 5.41) is 38.2. The predicted octanol–water partition coefficient (Wildman–Crippen LogP) is 0.898. The van der Waals surface area contributed by atoms with Crippen LogP contribution in [0.3, 0.4) is 0 Å². The SMILES string of the molecule is N#CC(C#N)=NNc1cccc(C(=O)O)c1C(=O)O. The summed E-state index contributed by atoms with van der Waals surface area (Å²) in [5.41, 5.74) is 0.612. The Morgan fingerprint density at radius 3 is 2.26 bits per heavy atom. The summed E-state index contributed by atoms with van der Waals surface area (Å²) in [7, 11) is 0. The third kappa shape index (κ3) is 3.05. The molecule has 0 spiro atoms. The average molecular weight is 258 g/mol. The molecule has 0 aromatic heterocycles. The molecule has 1 rings (SSSR count). The molecule has 0 atom stereocenters. The number of anilines is 1. The van der Waals surface area contributed by atoms with E-state index in [-0.39, 0.29) is 5.69 Å². The molecule has 0 fully saturated rings. The van der Waals surface area contributed by atoms with E-state index in [2.05, 4.69) is 10.5 Å². The van der Waals surface area contributed by atoms with Crippen LogP contribution in [0.2, 0.25) is 0 Å². The van der Waals surface area contributed by atoms with Gasteiger partial charge in [-0.05, 0) is 12.1 Å². The zero-order chi connectivity index (χ0) is 14.4. The van der Waals surface area contributed by atoms with E-state index in [0.29, 0.717) is 0 Å². The maximum Gasteiger partial charge on any atom is 0.338 e. The Hall–Kier alpha value is -3.39. The second kappa shape index (κ2) is 5.80. The molecule has 3 N–H and O–H groups in total. The van der Waals surface area contributed by atoms with E-state index in [0.717, 1.165) is 6.07 Å². The normalized spacial score (nSPS) is 8.74. The monoisotopic (exact) mass is 258 g/mol. The van der Waals surface area contributed by atoms with Crippen molar-refractivity contribution in [2.24, 2.45) is 5.10 Å². The van der Waals surface area contributed by atoms with Gasteiger partial charge in [0.1, 0.15) is 12.1 Å². The van der Waals surface area contributed by atoms with E-state index in [1.54, 1.807) is 0 Å². The number of benzene rings is 1. The van der Waals surface area contributed by atoms with E-state index in [1.807, 2.05) is 0 Å². The van der Waals surface area contributed by atoms with Crippen molar-refractivity contribution in [3.05, 3.63) is 29.3 Å². The molecule has 0 saturated carbocycles. The first-order valence-corrected chi connectivity index (χ1v) is 4.74. The van der Waals surface area contributed by atoms with Crippen LogP contribution in [-0.2, 0) is 0 Å². The second-order valence-electron chi connectivity index (χ2n) is 3.13. The van der Waals surface area contributed by atoms with Gasteiger partial charge in [-0.15, -0.1) is 0 Å². The van der Waals surface area contributed by atoms with Crippen molar-refractivity contribution in [1.82, 2.24) is 0 Å². The van der Waals surface area contributed by atoms with Crippen LogP contribution in [0.1, 0.15) is 20.7 Å². The Morgan fingerprint density at radius 2 is 1.79 bits per heavy atom. The molecule has 8 heteroatoms. The Labute approximate surface area is 106 Å². The maximum atomic E-state index is 11.0. The first-order chi connectivity index (χ1) is 9.01. The van der Waals surface area contributed by atoms with Gasteiger partial charge in [0.15, 0.2) is 0 Å². The summed E-state index contributed by atoms with van der Waals surface area (Å²) < 4.78 is 0. The molecule has 0 saturated heterocycles. The summed E-state index contributed by atoms with van der Waals surface area (Å²) in [6, 6.07) is 6.64. The molecule has 0 aliphatic carbocycles. The van der Waals surface area contributed by atoms with E-state index in [1.165, 1.54) is 24.3 Å². The van der Waals surface area contributed by atoms with Crippen molar-refractivity contribution in [3.8, 4) is 12.1 Å². The first kappa shape index (κ1) is 13.7. The summed E-state index contributed by atoms with van der Waals surface area (Å²) in [4.78, 5) is 21.9. The van der Waals surface area contributed by atoms with Crippen LogP contribution in [-0.4, -0.2) is 27.9 Å². The zero-order valence-electron chi connectivity index (χ0n) is 9.28. The van der Waals surface area contributed by atoms with E-state index in [4.69, 9.17) is 20.7 Å². The third-order valence-electron chi connectivity index (χ3n) is 2.01. The third-order valence-corrected chi connectivity index (χ3v) is 2.01. The van der Waals surface area contributed by atoms with Crippen molar-refractivity contribution in [3.63, 3.8) is 0 Å². The Balaban J connectivity index is 3.31. The van der Waals surface area contributed by atoms with Crippen molar-refractivity contribution >= 4 is 23.3 Å². The van der Waals surface area contributed by atoms with Gasteiger partial charge < -0.3 is 10.2 Å². The van der Waals surface area contributed by atoms with Crippen LogP contribution in [0, 0.1) is 22.7 Å². The number of carboxylic acids is 2. The minimum atomic E-state index is -1.47. The molecule has 0 radical (unpaired) electrons. The number of nitriles is 2. The molecular formula is C11H6N4O4. The van der Waals surface area contributed by atoms with Gasteiger partial charge in [-0.1, -0.05) is 6.07 Å². The number of hydrazone groups is 1. The fourth-order valence-electron chi connectivity index (χ4n) is 1.25. The van der Waals surface area contributed by atoms with Crippen LogP contribution in [0.15, 0.2) is 23.3 Å². The van der Waals surface area contributed by atoms with Crippen molar-refractivity contribution in [2.75, 3.05) is 5.43 Å². The molecule has 0 heterocycles. The summed E-state index contributed by atoms with van der Waals surface area (Å²) in [5.74, 6) is -2.88. The van der Waals surface area contributed by atoms with Crippen LogP contribution in [0.4, 0.5) is 5.69 Å². The molecule has 0 amide bonds. The fourth-order valence-corrected chi connectivity index (χ4v) is 1.25. The number of carboxylic acid groups (broad SMARTS) is 2. The summed E-state index contributed by atoms with van der Waals surface area (Å²) in [6.45, 7) is 0. The summed E-state index contributed by atoms with van der Waals surface area (Å²) >= 11 is 0. The van der Waals surface area contributed by atoms with Gasteiger partial charge in [0.25, 0.3) is 0 Å². The summed E-state index contributed by atoms with van der Waals surface area (Å²) in [6.07, 6.45) is 0. The van der Waals surface area contributed by atoms with Crippen LogP contribution in [0.25, 0.3) is 0 Å². The largest absolute Gasteiger partial charge is 0.478 e. The predicted molar refractivity (Wildman–Crippen MR) is 62.6 cm³/mol. The van der Waals surface area contributed by atoms with Gasteiger partial charge >= 0.3 is 11.9 Å². The lowest BCUT2D eigenvalue weighted by Crippen LogP contribution is -2.11. The maximum absolute atomic E-state index is 11.0. The van der Waals surface area contributed by atoms with Gasteiger partial charge in [-0.2, -0.15) is 15.6 Å². The lowest BCUT2D eigenvalue weighted by atomic mass is 10.1. The molecule has 0 bridgehead atoms. The molecule has 1 aromatic carbocycles. The first-order valence-electron chi connectivity index (χ1n) is 4.74. The average Bonchev–Trinajstić information content (AvgIpc) is 2.39. The molecular weight excluding hydrogens is 252 g/mol. The van der Waals surface area contributed by atoms with E-state index < -0.39 is 28.8 Å². The van der Waals surface area contributed by atoms with Crippen LogP contribution in [0.5, 0.6) is 0 Å². The molecule has 0 aliphatic rings.